The first kappa shape index (κ1) is 11.0. The number of nitrogens with two attached hydrogens (primary N) is 1. The van der Waals surface area contributed by atoms with E-state index in [2.05, 4.69) is 17.3 Å². The Balaban J connectivity index is 2.26. The van der Waals surface area contributed by atoms with Gasteiger partial charge in [0.1, 0.15) is 0 Å². The number of thiophene rings is 1. The number of aryl methyl sites for hydroxylation is 2. The number of nitrogen functional groups attached to an aromatic ring is 1. The van der Waals surface area contributed by atoms with Gasteiger partial charge in [0.2, 0.25) is 0 Å². The summed E-state index contributed by atoms with van der Waals surface area (Å²) in [6, 6.07) is 2.02. The fraction of sp³-hybridized carbons (Fsp3) is 0.364. The fourth-order valence-electron chi connectivity index (χ4n) is 1.64. The van der Waals surface area contributed by atoms with Gasteiger partial charge in [0.15, 0.2) is 5.82 Å². The molecule has 0 spiro atoms. The van der Waals surface area contributed by atoms with Crippen LogP contribution < -0.4 is 11.1 Å². The molecule has 2 aromatic rings. The lowest BCUT2D eigenvalue weighted by atomic mass is 10.2. The van der Waals surface area contributed by atoms with Gasteiger partial charge in [-0.2, -0.15) is 16.4 Å². The van der Waals surface area contributed by atoms with Gasteiger partial charge in [0, 0.05) is 12.4 Å². The number of nitrogens with one attached hydrogen (secondary N) is 1. The topological polar surface area (TPSA) is 55.9 Å². The van der Waals surface area contributed by atoms with Crippen LogP contribution in [0.25, 0.3) is 0 Å². The number of aromatic nitrogens is 2. The largest absolute Gasteiger partial charge is 0.394 e. The van der Waals surface area contributed by atoms with Gasteiger partial charge in [-0.05, 0) is 17.9 Å². The molecule has 3 N–H and O–H groups in total. The highest BCUT2D eigenvalue weighted by Crippen LogP contribution is 2.27. The van der Waals surface area contributed by atoms with Crippen LogP contribution in [-0.2, 0) is 13.5 Å². The van der Waals surface area contributed by atoms with Crippen molar-refractivity contribution >= 4 is 28.5 Å². The van der Waals surface area contributed by atoms with Gasteiger partial charge in [-0.25, -0.2) is 0 Å². The van der Waals surface area contributed by atoms with E-state index in [0.717, 1.165) is 35.7 Å². The molecule has 0 saturated heterocycles. The Kier molecular flexibility index (Phi) is 3.14. The van der Waals surface area contributed by atoms with E-state index < -0.39 is 0 Å². The summed E-state index contributed by atoms with van der Waals surface area (Å²) in [5.74, 6) is 0.877. The van der Waals surface area contributed by atoms with E-state index >= 15 is 0 Å². The van der Waals surface area contributed by atoms with E-state index in [-0.39, 0.29) is 0 Å². The lowest BCUT2D eigenvalue weighted by Gasteiger charge is -2.04. The molecule has 0 amide bonds. The van der Waals surface area contributed by atoms with E-state index in [0.29, 0.717) is 0 Å². The molecule has 86 valence electrons. The minimum Gasteiger partial charge on any atom is -0.394 e. The second-order valence-corrected chi connectivity index (χ2v) is 4.50. The molecule has 2 aromatic heterocycles. The zero-order valence-electron chi connectivity index (χ0n) is 9.53. The summed E-state index contributed by atoms with van der Waals surface area (Å²) < 4.78 is 1.80. The first-order valence-electron chi connectivity index (χ1n) is 5.33. The number of anilines is 3. The van der Waals surface area contributed by atoms with Crippen molar-refractivity contribution in [2.75, 3.05) is 11.1 Å². The third kappa shape index (κ3) is 2.04. The molecule has 4 nitrogen and oxygen atoms in total. The van der Waals surface area contributed by atoms with Crippen LogP contribution in [0.3, 0.4) is 0 Å². The van der Waals surface area contributed by atoms with Crippen LogP contribution in [0.2, 0.25) is 0 Å². The van der Waals surface area contributed by atoms with Crippen molar-refractivity contribution < 1.29 is 0 Å². The lowest BCUT2D eigenvalue weighted by molar-refractivity contribution is 0.740. The van der Waals surface area contributed by atoms with Gasteiger partial charge in [-0.15, -0.1) is 0 Å². The van der Waals surface area contributed by atoms with E-state index in [1.54, 1.807) is 16.0 Å². The maximum atomic E-state index is 6.06. The number of nitrogens with zero attached hydrogens (tertiary/aromatic N) is 2. The van der Waals surface area contributed by atoms with Crippen molar-refractivity contribution in [3.05, 3.63) is 22.5 Å². The van der Waals surface area contributed by atoms with Crippen LogP contribution in [-0.4, -0.2) is 9.78 Å². The summed E-state index contributed by atoms with van der Waals surface area (Å²) in [7, 11) is 1.91. The molecule has 0 bridgehead atoms. The highest BCUT2D eigenvalue weighted by molar-refractivity contribution is 7.08. The van der Waals surface area contributed by atoms with E-state index in [9.17, 15) is 0 Å². The molecule has 0 aliphatic heterocycles. The third-order valence-corrected chi connectivity index (χ3v) is 3.11. The molecule has 0 atom stereocenters. The maximum Gasteiger partial charge on any atom is 0.152 e. The van der Waals surface area contributed by atoms with Crippen LogP contribution in [0.15, 0.2) is 16.8 Å². The summed E-state index contributed by atoms with van der Waals surface area (Å²) in [6.07, 6.45) is 1.98. The molecule has 0 aliphatic rings. The second-order valence-electron chi connectivity index (χ2n) is 3.72. The van der Waals surface area contributed by atoms with Gasteiger partial charge < -0.3 is 11.1 Å². The summed E-state index contributed by atoms with van der Waals surface area (Å²) in [5, 5.41) is 11.8. The summed E-state index contributed by atoms with van der Waals surface area (Å²) in [6.45, 7) is 2.13. The van der Waals surface area contributed by atoms with Crippen LogP contribution in [0.5, 0.6) is 0 Å². The molecule has 0 aliphatic carbocycles. The standard InChI is InChI=1S/C11H16N4S/c1-3-4-9-10(12)11(15(2)14-9)13-8-5-6-16-7-8/h5-7,13H,3-4,12H2,1-2H3. The zero-order valence-corrected chi connectivity index (χ0v) is 10.3. The quantitative estimate of drug-likeness (QED) is 0.858. The molecule has 0 aromatic carbocycles. The Hall–Kier alpha value is -1.49. The van der Waals surface area contributed by atoms with Crippen molar-refractivity contribution in [1.29, 1.82) is 0 Å². The van der Waals surface area contributed by atoms with E-state index in [1.807, 2.05) is 23.9 Å². The highest BCUT2D eigenvalue weighted by Gasteiger charge is 2.12. The predicted molar refractivity (Wildman–Crippen MR) is 69.2 cm³/mol. The van der Waals surface area contributed by atoms with Crippen LogP contribution in [0, 0.1) is 0 Å². The van der Waals surface area contributed by atoms with Gasteiger partial charge in [-0.3, -0.25) is 4.68 Å². The van der Waals surface area contributed by atoms with Gasteiger partial charge >= 0.3 is 0 Å². The Morgan fingerprint density at radius 2 is 2.38 bits per heavy atom. The van der Waals surface area contributed by atoms with E-state index in [4.69, 9.17) is 5.73 Å². The minimum atomic E-state index is 0.760. The predicted octanol–water partition coefficient (Wildman–Crippen LogP) is 2.76. The highest BCUT2D eigenvalue weighted by atomic mass is 32.1. The SMILES string of the molecule is CCCc1nn(C)c(Nc2ccsc2)c1N. The molecule has 2 rings (SSSR count). The first-order chi connectivity index (χ1) is 7.72. The van der Waals surface area contributed by atoms with Crippen molar-refractivity contribution in [2.24, 2.45) is 7.05 Å². The Morgan fingerprint density at radius 3 is 3.00 bits per heavy atom. The average Bonchev–Trinajstić information content (AvgIpc) is 2.84. The fourth-order valence-corrected chi connectivity index (χ4v) is 2.23. The molecular weight excluding hydrogens is 220 g/mol. The molecule has 0 unspecified atom stereocenters. The molecular formula is C11H16N4S. The Bertz CT molecular complexity index is 459. The van der Waals surface area contributed by atoms with Gasteiger partial charge in [0.25, 0.3) is 0 Å². The van der Waals surface area contributed by atoms with E-state index in [1.165, 1.54) is 0 Å². The molecule has 0 fully saturated rings. The number of hydrogen-bond acceptors (Lipinski definition) is 4. The molecule has 0 radical (unpaired) electrons. The summed E-state index contributed by atoms with van der Waals surface area (Å²) >= 11 is 1.65. The van der Waals surface area contributed by atoms with Crippen LogP contribution in [0.1, 0.15) is 19.0 Å². The molecule has 16 heavy (non-hydrogen) atoms. The number of hydrogen-bond donors (Lipinski definition) is 2. The lowest BCUT2D eigenvalue weighted by Crippen LogP contribution is -2.00. The maximum absolute atomic E-state index is 6.06. The average molecular weight is 236 g/mol. The molecule has 0 saturated carbocycles. The normalized spacial score (nSPS) is 10.6. The smallest absolute Gasteiger partial charge is 0.152 e. The van der Waals surface area contributed by atoms with Crippen molar-refractivity contribution in [3.63, 3.8) is 0 Å². The Labute approximate surface area is 99.1 Å². The zero-order chi connectivity index (χ0) is 11.5. The number of rotatable bonds is 4. The Morgan fingerprint density at radius 1 is 1.56 bits per heavy atom. The monoisotopic (exact) mass is 236 g/mol. The summed E-state index contributed by atoms with van der Waals surface area (Å²) in [4.78, 5) is 0. The van der Waals surface area contributed by atoms with Crippen molar-refractivity contribution in [3.8, 4) is 0 Å². The first-order valence-corrected chi connectivity index (χ1v) is 6.27. The minimum absolute atomic E-state index is 0.760. The van der Waals surface area contributed by atoms with Crippen molar-refractivity contribution in [1.82, 2.24) is 9.78 Å². The van der Waals surface area contributed by atoms with Gasteiger partial charge in [0.05, 0.1) is 17.1 Å². The molecule has 2 heterocycles. The summed E-state index contributed by atoms with van der Waals surface area (Å²) in [5.41, 5.74) is 8.86. The van der Waals surface area contributed by atoms with Crippen LogP contribution in [0.4, 0.5) is 17.2 Å². The van der Waals surface area contributed by atoms with Crippen molar-refractivity contribution in [2.45, 2.75) is 19.8 Å². The van der Waals surface area contributed by atoms with Gasteiger partial charge in [-0.1, -0.05) is 13.3 Å². The van der Waals surface area contributed by atoms with Crippen LogP contribution >= 0.6 is 11.3 Å². The molecule has 5 heteroatoms. The second kappa shape index (κ2) is 4.57. The third-order valence-electron chi connectivity index (χ3n) is 2.43.